The Balaban J connectivity index is 1.72. The van der Waals surface area contributed by atoms with Gasteiger partial charge in [-0.1, -0.05) is 6.07 Å². The highest BCUT2D eigenvalue weighted by atomic mass is 16.2. The van der Waals surface area contributed by atoms with Crippen molar-refractivity contribution in [2.75, 3.05) is 21.1 Å². The van der Waals surface area contributed by atoms with Crippen LogP contribution in [0.1, 0.15) is 33.5 Å². The van der Waals surface area contributed by atoms with Crippen LogP contribution >= 0.6 is 0 Å². The number of fused-ring (bicyclic) bond motifs is 2. The fraction of sp³-hybridized carbons (Fsp3) is 0.375. The van der Waals surface area contributed by atoms with Crippen LogP contribution < -0.4 is 0 Å². The Hall–Kier alpha value is -3.15. The predicted molar refractivity (Wildman–Crippen MR) is 117 cm³/mol. The third kappa shape index (κ3) is 3.47. The quantitative estimate of drug-likeness (QED) is 0.672. The normalized spacial score (nSPS) is 13.6. The summed E-state index contributed by atoms with van der Waals surface area (Å²) >= 11 is 0. The van der Waals surface area contributed by atoms with Crippen LogP contribution in [0.4, 0.5) is 0 Å². The highest BCUT2D eigenvalue weighted by Crippen LogP contribution is 2.30. The molecule has 6 nitrogen and oxygen atoms in total. The van der Waals surface area contributed by atoms with E-state index in [1.807, 2.05) is 36.1 Å². The molecule has 0 saturated carbocycles. The minimum atomic E-state index is 0.0573. The zero-order valence-corrected chi connectivity index (χ0v) is 18.3. The number of likely N-dealkylation sites (N-methyl/N-ethyl adjacent to an activating group) is 2. The fourth-order valence-corrected chi connectivity index (χ4v) is 4.36. The molecule has 0 bridgehead atoms. The third-order valence-electron chi connectivity index (χ3n) is 6.25. The lowest BCUT2D eigenvalue weighted by Gasteiger charge is -2.28. The number of aromatic nitrogens is 2. The molecular formula is C24H28N4O2. The minimum absolute atomic E-state index is 0.0573. The van der Waals surface area contributed by atoms with Crippen molar-refractivity contribution in [2.24, 2.45) is 0 Å². The molecule has 0 spiro atoms. The van der Waals surface area contributed by atoms with Crippen molar-refractivity contribution in [3.8, 4) is 0 Å². The van der Waals surface area contributed by atoms with Crippen LogP contribution in [0.15, 0.2) is 30.6 Å². The summed E-state index contributed by atoms with van der Waals surface area (Å²) in [5, 5.41) is 1.07. The van der Waals surface area contributed by atoms with E-state index in [9.17, 15) is 9.59 Å². The van der Waals surface area contributed by atoms with E-state index in [0.29, 0.717) is 25.9 Å². The number of carbonyl (C=O) groups excluding carboxylic acids is 2. The van der Waals surface area contributed by atoms with Gasteiger partial charge in [-0.15, -0.1) is 0 Å². The van der Waals surface area contributed by atoms with E-state index in [1.54, 1.807) is 23.9 Å². The average molecular weight is 405 g/mol. The van der Waals surface area contributed by atoms with Gasteiger partial charge < -0.3 is 14.4 Å². The Morgan fingerprint density at radius 1 is 1.23 bits per heavy atom. The number of hydrogen-bond donors (Lipinski definition) is 0. The maximum absolute atomic E-state index is 12.3. The first-order valence-corrected chi connectivity index (χ1v) is 10.2. The standard InChI is InChI=1S/C24H28N4O2/c1-15-10-17-13-27(5)23(29)12-20(17)16(2)19(15)11-21-18-7-9-28(14-24(30)26(3)4)22(18)6-8-25-21/h6-10H,11-14H2,1-5H3. The highest BCUT2D eigenvalue weighted by Gasteiger charge is 2.24. The van der Waals surface area contributed by atoms with Crippen LogP contribution in [0.2, 0.25) is 0 Å². The summed E-state index contributed by atoms with van der Waals surface area (Å²) in [6.07, 6.45) is 4.94. The van der Waals surface area contributed by atoms with Gasteiger partial charge in [0.2, 0.25) is 11.8 Å². The largest absolute Gasteiger partial charge is 0.347 e. The lowest BCUT2D eigenvalue weighted by molar-refractivity contribution is -0.130. The minimum Gasteiger partial charge on any atom is -0.347 e. The van der Waals surface area contributed by atoms with Gasteiger partial charge in [0, 0.05) is 51.9 Å². The van der Waals surface area contributed by atoms with Gasteiger partial charge in [0.1, 0.15) is 6.54 Å². The summed E-state index contributed by atoms with van der Waals surface area (Å²) in [6, 6.07) is 6.23. The Morgan fingerprint density at radius 3 is 2.73 bits per heavy atom. The topological polar surface area (TPSA) is 58.4 Å². The molecule has 1 aliphatic rings. The van der Waals surface area contributed by atoms with Crippen molar-refractivity contribution in [2.45, 2.75) is 39.8 Å². The summed E-state index contributed by atoms with van der Waals surface area (Å²) in [4.78, 5) is 32.5. The fourth-order valence-electron chi connectivity index (χ4n) is 4.36. The highest BCUT2D eigenvalue weighted by molar-refractivity contribution is 5.85. The lowest BCUT2D eigenvalue weighted by atomic mass is 9.86. The molecule has 2 aromatic heterocycles. The molecular weight excluding hydrogens is 376 g/mol. The van der Waals surface area contributed by atoms with Crippen LogP contribution in [-0.4, -0.2) is 52.3 Å². The Morgan fingerprint density at radius 2 is 2.00 bits per heavy atom. The van der Waals surface area contributed by atoms with Crippen molar-refractivity contribution in [3.63, 3.8) is 0 Å². The van der Waals surface area contributed by atoms with Crippen LogP contribution in [0.5, 0.6) is 0 Å². The first-order valence-electron chi connectivity index (χ1n) is 10.2. The van der Waals surface area contributed by atoms with Gasteiger partial charge in [-0.25, -0.2) is 0 Å². The molecule has 1 aromatic carbocycles. The summed E-state index contributed by atoms with van der Waals surface area (Å²) in [7, 11) is 5.40. The molecule has 0 radical (unpaired) electrons. The van der Waals surface area contributed by atoms with Gasteiger partial charge >= 0.3 is 0 Å². The van der Waals surface area contributed by atoms with Crippen LogP contribution in [0, 0.1) is 13.8 Å². The van der Waals surface area contributed by atoms with Gasteiger partial charge in [0.05, 0.1) is 17.6 Å². The number of rotatable bonds is 4. The summed E-state index contributed by atoms with van der Waals surface area (Å²) < 4.78 is 1.98. The van der Waals surface area contributed by atoms with E-state index in [-0.39, 0.29) is 11.8 Å². The molecule has 4 rings (SSSR count). The van der Waals surface area contributed by atoms with Gasteiger partial charge in [0.15, 0.2) is 0 Å². The van der Waals surface area contributed by atoms with Gasteiger partial charge in [-0.2, -0.15) is 0 Å². The molecule has 0 N–H and O–H groups in total. The summed E-state index contributed by atoms with van der Waals surface area (Å²) in [6.45, 7) is 5.25. The van der Waals surface area contributed by atoms with Crippen LogP contribution in [0.3, 0.4) is 0 Å². The van der Waals surface area contributed by atoms with E-state index in [4.69, 9.17) is 0 Å². The molecule has 0 fully saturated rings. The molecule has 0 atom stereocenters. The van der Waals surface area contributed by atoms with Crippen molar-refractivity contribution in [1.29, 1.82) is 0 Å². The smallest absolute Gasteiger partial charge is 0.241 e. The molecule has 3 heterocycles. The predicted octanol–water partition coefficient (Wildman–Crippen LogP) is 2.85. The van der Waals surface area contributed by atoms with Crippen LogP contribution in [0.25, 0.3) is 10.9 Å². The van der Waals surface area contributed by atoms with Gasteiger partial charge in [-0.05, 0) is 53.8 Å². The number of hydrogen-bond acceptors (Lipinski definition) is 3. The maximum atomic E-state index is 12.3. The van der Waals surface area contributed by atoms with Crippen molar-refractivity contribution >= 4 is 22.7 Å². The van der Waals surface area contributed by atoms with Gasteiger partial charge in [0.25, 0.3) is 0 Å². The zero-order valence-electron chi connectivity index (χ0n) is 18.3. The Labute approximate surface area is 177 Å². The second-order valence-corrected chi connectivity index (χ2v) is 8.46. The monoisotopic (exact) mass is 404 g/mol. The summed E-state index contributed by atoms with van der Waals surface area (Å²) in [5.41, 5.74) is 8.09. The molecule has 0 aliphatic carbocycles. The van der Waals surface area contributed by atoms with Crippen molar-refractivity contribution in [3.05, 3.63) is 64.1 Å². The molecule has 2 amide bonds. The van der Waals surface area contributed by atoms with Crippen molar-refractivity contribution in [1.82, 2.24) is 19.4 Å². The maximum Gasteiger partial charge on any atom is 0.241 e. The Kier molecular flexibility index (Phi) is 5.10. The van der Waals surface area contributed by atoms with E-state index < -0.39 is 0 Å². The average Bonchev–Trinajstić information content (AvgIpc) is 3.10. The number of benzene rings is 1. The van der Waals surface area contributed by atoms with E-state index in [2.05, 4.69) is 24.9 Å². The molecule has 0 saturated heterocycles. The molecule has 3 aromatic rings. The number of nitrogens with zero attached hydrogens (tertiary/aromatic N) is 4. The summed E-state index contributed by atoms with van der Waals surface area (Å²) in [5.74, 6) is 0.227. The van der Waals surface area contributed by atoms with Gasteiger partial charge in [-0.3, -0.25) is 14.6 Å². The number of amides is 2. The van der Waals surface area contributed by atoms with E-state index in [1.165, 1.54) is 27.8 Å². The molecule has 30 heavy (non-hydrogen) atoms. The lowest BCUT2D eigenvalue weighted by Crippen LogP contribution is -2.33. The number of pyridine rings is 1. The van der Waals surface area contributed by atoms with E-state index in [0.717, 1.165) is 16.6 Å². The number of carbonyl (C=O) groups is 2. The van der Waals surface area contributed by atoms with Crippen molar-refractivity contribution < 1.29 is 9.59 Å². The Bertz CT molecular complexity index is 1160. The second kappa shape index (κ2) is 7.59. The molecule has 0 unspecified atom stereocenters. The second-order valence-electron chi connectivity index (χ2n) is 8.46. The van der Waals surface area contributed by atoms with Crippen LogP contribution in [-0.2, 0) is 35.5 Å². The van der Waals surface area contributed by atoms with E-state index >= 15 is 0 Å². The molecule has 156 valence electrons. The third-order valence-corrected chi connectivity index (χ3v) is 6.25. The number of aryl methyl sites for hydroxylation is 1. The first-order chi connectivity index (χ1) is 14.3. The molecule has 6 heteroatoms. The molecule has 1 aliphatic heterocycles. The first kappa shape index (κ1) is 20.1. The zero-order chi connectivity index (χ0) is 21.6. The SMILES string of the molecule is Cc1cc2c(c(C)c1Cc1nccc3c1ccn3CC(=O)N(C)C)CC(=O)N(C)C2.